The number of carbonyl (C=O) groups excluding carboxylic acids is 1. The number of rotatable bonds is 2. The summed E-state index contributed by atoms with van der Waals surface area (Å²) in [5, 5.41) is 5.89. The van der Waals surface area contributed by atoms with Crippen LogP contribution in [0.1, 0.15) is 5.56 Å². The van der Waals surface area contributed by atoms with E-state index in [0.717, 1.165) is 11.8 Å². The molecule has 1 amide bonds. The second kappa shape index (κ2) is 5.98. The third kappa shape index (κ3) is 2.90. The minimum Gasteiger partial charge on any atom is -0.452 e. The van der Waals surface area contributed by atoms with Gasteiger partial charge in [-0.2, -0.15) is 4.98 Å². The van der Waals surface area contributed by atoms with Gasteiger partial charge in [0.05, 0.1) is 19.0 Å². The van der Waals surface area contributed by atoms with Crippen LogP contribution >= 0.6 is 11.6 Å². The first-order valence-electron chi connectivity index (χ1n) is 6.66. The zero-order valence-electron chi connectivity index (χ0n) is 12.4. The summed E-state index contributed by atoms with van der Waals surface area (Å²) in [6, 6.07) is 5.33. The van der Waals surface area contributed by atoms with Crippen molar-refractivity contribution in [3.05, 3.63) is 41.1 Å². The summed E-state index contributed by atoms with van der Waals surface area (Å²) in [6.07, 6.45) is 0.485. The van der Waals surface area contributed by atoms with E-state index >= 15 is 0 Å². The first kappa shape index (κ1) is 15.4. The van der Waals surface area contributed by atoms with Gasteiger partial charge in [0.1, 0.15) is 0 Å². The standard InChI is InChI=1S/C14H13ClFN5O2/c1-20-7-8-3-4-9(5-11(8)21(20)14(22)23-2)18-12-10(16)6-17-13(15)19-12/h3-6H,7H2,1-2H3,(H,17,18,19). The molecule has 0 atom stereocenters. The zero-order valence-corrected chi connectivity index (χ0v) is 13.1. The third-order valence-electron chi connectivity index (χ3n) is 3.38. The number of fused-ring (bicyclic) bond motifs is 1. The Balaban J connectivity index is 1.93. The van der Waals surface area contributed by atoms with Crippen molar-refractivity contribution in [1.29, 1.82) is 0 Å². The summed E-state index contributed by atoms with van der Waals surface area (Å²) < 4.78 is 18.5. The lowest BCUT2D eigenvalue weighted by Gasteiger charge is -2.23. The van der Waals surface area contributed by atoms with Crippen LogP contribution in [0.2, 0.25) is 5.28 Å². The molecule has 1 aliphatic rings. The van der Waals surface area contributed by atoms with E-state index in [0.29, 0.717) is 17.9 Å². The van der Waals surface area contributed by atoms with E-state index in [1.165, 1.54) is 12.1 Å². The van der Waals surface area contributed by atoms with Crippen molar-refractivity contribution in [3.63, 3.8) is 0 Å². The Morgan fingerprint density at radius 2 is 2.26 bits per heavy atom. The Morgan fingerprint density at radius 3 is 3.00 bits per heavy atom. The Labute approximate surface area is 136 Å². The van der Waals surface area contributed by atoms with Gasteiger partial charge in [-0.25, -0.2) is 24.2 Å². The van der Waals surface area contributed by atoms with Gasteiger partial charge in [0, 0.05) is 19.3 Å². The fourth-order valence-corrected chi connectivity index (χ4v) is 2.50. The van der Waals surface area contributed by atoms with E-state index in [1.807, 2.05) is 6.07 Å². The van der Waals surface area contributed by atoms with Crippen molar-refractivity contribution in [2.75, 3.05) is 24.5 Å². The van der Waals surface area contributed by atoms with Crippen molar-refractivity contribution in [1.82, 2.24) is 15.0 Å². The zero-order chi connectivity index (χ0) is 16.6. The van der Waals surface area contributed by atoms with Crippen LogP contribution in [-0.4, -0.2) is 35.2 Å². The summed E-state index contributed by atoms with van der Waals surface area (Å²) in [6.45, 7) is 0.568. The maximum atomic E-state index is 13.7. The summed E-state index contributed by atoms with van der Waals surface area (Å²) in [5.74, 6) is -0.669. The average Bonchev–Trinajstić information content (AvgIpc) is 2.85. The number of methoxy groups -OCH3 is 1. The lowest BCUT2D eigenvalue weighted by molar-refractivity contribution is 0.159. The van der Waals surface area contributed by atoms with Gasteiger partial charge >= 0.3 is 6.09 Å². The lowest BCUT2D eigenvalue weighted by atomic mass is 10.1. The van der Waals surface area contributed by atoms with Gasteiger partial charge in [-0.15, -0.1) is 0 Å². The summed E-state index contributed by atoms with van der Waals surface area (Å²) >= 11 is 5.67. The number of nitrogens with zero attached hydrogens (tertiary/aromatic N) is 4. The number of anilines is 3. The summed E-state index contributed by atoms with van der Waals surface area (Å²) in [7, 11) is 3.09. The summed E-state index contributed by atoms with van der Waals surface area (Å²) in [5.41, 5.74) is 2.16. The Bertz CT molecular complexity index is 773. The van der Waals surface area contributed by atoms with Crippen LogP contribution in [0, 0.1) is 5.82 Å². The molecule has 1 N–H and O–H groups in total. The molecule has 0 fully saturated rings. The molecular formula is C14H13ClFN5O2. The Hall–Kier alpha value is -2.45. The van der Waals surface area contributed by atoms with Gasteiger partial charge in [-0.1, -0.05) is 6.07 Å². The highest BCUT2D eigenvalue weighted by atomic mass is 35.5. The minimum atomic E-state index is -0.628. The number of benzene rings is 1. The van der Waals surface area contributed by atoms with Crippen LogP contribution in [0.25, 0.3) is 0 Å². The lowest BCUT2D eigenvalue weighted by Crippen LogP contribution is -2.39. The monoisotopic (exact) mass is 337 g/mol. The highest BCUT2D eigenvalue weighted by molar-refractivity contribution is 6.28. The fraction of sp³-hybridized carbons (Fsp3) is 0.214. The molecule has 9 heteroatoms. The van der Waals surface area contributed by atoms with Crippen molar-refractivity contribution in [2.24, 2.45) is 0 Å². The minimum absolute atomic E-state index is 0.0408. The SMILES string of the molecule is COC(=O)N1c2cc(Nc3nc(Cl)ncc3F)ccc2CN1C. The predicted molar refractivity (Wildman–Crippen MR) is 83.1 cm³/mol. The molecule has 0 saturated carbocycles. The van der Waals surface area contributed by atoms with E-state index in [9.17, 15) is 9.18 Å². The van der Waals surface area contributed by atoms with Gasteiger partial charge in [-0.3, -0.25) is 0 Å². The molecule has 1 aromatic heterocycles. The smallest absolute Gasteiger partial charge is 0.428 e. The molecule has 0 aliphatic carbocycles. The second-order valence-electron chi connectivity index (χ2n) is 4.90. The van der Waals surface area contributed by atoms with Crippen LogP contribution in [0.4, 0.5) is 26.4 Å². The molecule has 1 aromatic carbocycles. The van der Waals surface area contributed by atoms with Crippen LogP contribution in [0.5, 0.6) is 0 Å². The van der Waals surface area contributed by atoms with E-state index < -0.39 is 11.9 Å². The van der Waals surface area contributed by atoms with Crippen molar-refractivity contribution in [3.8, 4) is 0 Å². The van der Waals surface area contributed by atoms with E-state index in [4.69, 9.17) is 16.3 Å². The molecule has 120 valence electrons. The van der Waals surface area contributed by atoms with Crippen LogP contribution in [-0.2, 0) is 11.3 Å². The molecule has 0 saturated heterocycles. The largest absolute Gasteiger partial charge is 0.452 e. The van der Waals surface area contributed by atoms with E-state index in [2.05, 4.69) is 15.3 Å². The van der Waals surface area contributed by atoms with Crippen LogP contribution < -0.4 is 10.3 Å². The van der Waals surface area contributed by atoms with Gasteiger partial charge in [-0.05, 0) is 29.3 Å². The third-order valence-corrected chi connectivity index (χ3v) is 3.56. The molecule has 0 unspecified atom stereocenters. The molecule has 2 aromatic rings. The van der Waals surface area contributed by atoms with Crippen LogP contribution in [0.3, 0.4) is 0 Å². The van der Waals surface area contributed by atoms with Crippen molar-refractivity contribution < 1.29 is 13.9 Å². The number of hydrogen-bond donors (Lipinski definition) is 1. The van der Waals surface area contributed by atoms with Crippen LogP contribution in [0.15, 0.2) is 24.4 Å². The number of carbonyl (C=O) groups is 1. The highest BCUT2D eigenvalue weighted by Gasteiger charge is 2.30. The average molecular weight is 338 g/mol. The molecule has 0 bridgehead atoms. The molecule has 2 heterocycles. The maximum absolute atomic E-state index is 13.7. The number of halogens is 2. The maximum Gasteiger partial charge on any atom is 0.428 e. The van der Waals surface area contributed by atoms with E-state index in [-0.39, 0.29) is 11.1 Å². The van der Waals surface area contributed by atoms with Gasteiger partial charge in [0.15, 0.2) is 11.6 Å². The number of hydrogen-bond acceptors (Lipinski definition) is 6. The van der Waals surface area contributed by atoms with Gasteiger partial charge < -0.3 is 10.1 Å². The number of amides is 1. The molecule has 23 heavy (non-hydrogen) atoms. The quantitative estimate of drug-likeness (QED) is 0.850. The number of ether oxygens (including phenoxy) is 1. The van der Waals surface area contributed by atoms with Crippen molar-refractivity contribution >= 4 is 34.9 Å². The molecule has 7 nitrogen and oxygen atoms in total. The predicted octanol–water partition coefficient (Wildman–Crippen LogP) is 2.95. The topological polar surface area (TPSA) is 70.6 Å². The molecule has 1 aliphatic heterocycles. The summed E-state index contributed by atoms with van der Waals surface area (Å²) in [4.78, 5) is 19.3. The molecule has 3 rings (SSSR count). The highest BCUT2D eigenvalue weighted by Crippen LogP contribution is 2.34. The van der Waals surface area contributed by atoms with Gasteiger partial charge in [0.25, 0.3) is 0 Å². The molecule has 0 radical (unpaired) electrons. The van der Waals surface area contributed by atoms with Gasteiger partial charge in [0.2, 0.25) is 5.28 Å². The molecular weight excluding hydrogens is 325 g/mol. The normalized spacial score (nSPS) is 13.8. The number of nitrogens with one attached hydrogen (secondary N) is 1. The van der Waals surface area contributed by atoms with Crippen molar-refractivity contribution in [2.45, 2.75) is 6.54 Å². The number of hydrazine groups is 1. The number of aromatic nitrogens is 2. The Morgan fingerprint density at radius 1 is 1.48 bits per heavy atom. The molecule has 0 spiro atoms. The fourth-order valence-electron chi connectivity index (χ4n) is 2.37. The second-order valence-corrected chi connectivity index (χ2v) is 5.24. The van der Waals surface area contributed by atoms with E-state index in [1.54, 1.807) is 24.2 Å². The first-order chi connectivity index (χ1) is 11.0. The Kier molecular flexibility index (Phi) is 4.01. The first-order valence-corrected chi connectivity index (χ1v) is 7.04.